The van der Waals surface area contributed by atoms with Crippen LogP contribution in [0.25, 0.3) is 0 Å². The van der Waals surface area contributed by atoms with E-state index in [2.05, 4.69) is 5.32 Å². The van der Waals surface area contributed by atoms with Gasteiger partial charge in [0.25, 0.3) is 0 Å². The van der Waals surface area contributed by atoms with E-state index in [0.29, 0.717) is 6.41 Å². The highest BCUT2D eigenvalue weighted by molar-refractivity contribution is 7.75. The first-order valence-electron chi connectivity index (χ1n) is 9.24. The molecule has 28 heavy (non-hydrogen) atoms. The molecular weight excluding hydrogens is 468 g/mol. The third-order valence-electron chi connectivity index (χ3n) is 2.42. The molecule has 0 aromatic rings. The summed E-state index contributed by atoms with van der Waals surface area (Å²) in [6, 6.07) is 0. The maximum atomic E-state index is 14.1. The lowest BCUT2D eigenvalue weighted by Gasteiger charge is -2.40. The lowest BCUT2D eigenvalue weighted by molar-refractivity contribution is -0.109. The number of hydrogen-bond donors (Lipinski definition) is 1. The molecule has 0 fully saturated rings. The Hall–Kier alpha value is 0.638. The van der Waals surface area contributed by atoms with Crippen molar-refractivity contribution in [1.82, 2.24) is 5.32 Å². The van der Waals surface area contributed by atoms with E-state index >= 15 is 0 Å². The van der Waals surface area contributed by atoms with Gasteiger partial charge in [0.2, 0.25) is 11.9 Å². The Morgan fingerprint density at radius 1 is 0.607 bits per heavy atom. The summed E-state index contributed by atoms with van der Waals surface area (Å²) in [4.78, 5) is 11.4. The molecule has 0 aromatic heterocycles. The van der Waals surface area contributed by atoms with E-state index in [-0.39, 0.29) is 0 Å². The number of hydrogen-bond acceptors (Lipinski definition) is 7. The number of carbonyl (C=O) groups excluding carboxylic acids is 1. The van der Waals surface area contributed by atoms with Crippen LogP contribution >= 0.6 is 15.2 Å². The van der Waals surface area contributed by atoms with Crippen LogP contribution in [0.15, 0.2) is 0 Å². The van der Waals surface area contributed by atoms with E-state index in [1.807, 2.05) is 78.6 Å². The Bertz CT molecular complexity index is 546. The van der Waals surface area contributed by atoms with Crippen LogP contribution in [0.1, 0.15) is 0 Å². The monoisotopic (exact) mass is 507 g/mol. The Morgan fingerprint density at radius 3 is 0.964 bits per heavy atom. The van der Waals surface area contributed by atoms with E-state index in [4.69, 9.17) is 16.9 Å². The van der Waals surface area contributed by atoms with Crippen LogP contribution in [0, 0.1) is 0 Å². The first-order valence-corrected chi connectivity index (χ1v) is 26.1. The van der Waals surface area contributed by atoms with Crippen LogP contribution < -0.4 is 5.32 Å². The van der Waals surface area contributed by atoms with Gasteiger partial charge in [0.15, 0.2) is 33.3 Å². The van der Waals surface area contributed by atoms with Crippen LogP contribution in [0.2, 0.25) is 78.6 Å². The van der Waals surface area contributed by atoms with Gasteiger partial charge in [0.05, 0.1) is 0 Å². The molecule has 1 N–H and O–H groups in total. The van der Waals surface area contributed by atoms with Gasteiger partial charge >= 0.3 is 15.2 Å². The van der Waals surface area contributed by atoms with Crippen molar-refractivity contribution < 1.29 is 30.8 Å². The zero-order valence-corrected chi connectivity index (χ0v) is 25.2. The molecule has 14 heteroatoms. The second-order valence-corrected chi connectivity index (χ2v) is 34.0. The van der Waals surface area contributed by atoms with Gasteiger partial charge in [-0.05, 0) is 78.6 Å². The fourth-order valence-corrected chi connectivity index (χ4v) is 20.5. The number of rotatable bonds is 12. The quantitative estimate of drug-likeness (QED) is 0.202. The van der Waals surface area contributed by atoms with Crippen molar-refractivity contribution in [1.29, 1.82) is 0 Å². The van der Waals surface area contributed by atoms with Crippen LogP contribution in [-0.2, 0) is 30.8 Å². The van der Waals surface area contributed by atoms with E-state index in [1.165, 1.54) is 0 Å². The highest BCUT2D eigenvalue weighted by Gasteiger charge is 2.56. The first-order chi connectivity index (χ1) is 12.0. The van der Waals surface area contributed by atoms with Crippen molar-refractivity contribution in [3.63, 3.8) is 0 Å². The second-order valence-electron chi connectivity index (χ2n) is 10.6. The lowest BCUT2D eigenvalue weighted by atomic mass is 11.2. The Morgan fingerprint density at radius 2 is 0.821 bits per heavy atom. The molecule has 168 valence electrons. The summed E-state index contributed by atoms with van der Waals surface area (Å²) in [6.07, 6.45) is 0.353. The van der Waals surface area contributed by atoms with Gasteiger partial charge in [-0.15, -0.1) is 0 Å². The fraction of sp³-hybridized carbons (Fsp3) is 0.929. The van der Waals surface area contributed by atoms with Gasteiger partial charge < -0.3 is 22.2 Å². The van der Waals surface area contributed by atoms with Crippen molar-refractivity contribution >= 4 is 54.9 Å². The smallest absolute Gasteiger partial charge is 0.346 e. The molecule has 1 amide bonds. The molecule has 0 rings (SSSR count). The van der Waals surface area contributed by atoms with Crippen molar-refractivity contribution in [2.75, 3.05) is 0 Å². The van der Waals surface area contributed by atoms with E-state index in [1.54, 1.807) is 0 Å². The molecule has 0 bridgehead atoms. The summed E-state index contributed by atoms with van der Waals surface area (Å²) >= 11 is 0. The molecule has 0 aliphatic heterocycles. The molecule has 0 spiro atoms. The third-order valence-corrected chi connectivity index (χ3v) is 18.4. The molecule has 0 aliphatic rings. The summed E-state index contributed by atoms with van der Waals surface area (Å²) in [7, 11) is -17.8. The average Bonchev–Trinajstić information content (AvgIpc) is 2.24. The van der Waals surface area contributed by atoms with Crippen molar-refractivity contribution in [2.45, 2.75) is 84.1 Å². The van der Waals surface area contributed by atoms with Gasteiger partial charge in [-0.3, -0.25) is 13.9 Å². The maximum absolute atomic E-state index is 14.1. The third kappa shape index (κ3) is 11.1. The predicted molar refractivity (Wildman–Crippen MR) is 126 cm³/mol. The molecule has 0 saturated heterocycles. The Kier molecular flexibility index (Phi) is 9.63. The lowest BCUT2D eigenvalue weighted by Crippen LogP contribution is -2.42. The summed E-state index contributed by atoms with van der Waals surface area (Å²) < 4.78 is 52.0. The van der Waals surface area contributed by atoms with Crippen LogP contribution in [0.3, 0.4) is 0 Å². The summed E-state index contributed by atoms with van der Waals surface area (Å²) in [5.74, 6) is 0. The number of nitrogens with one attached hydrogen (secondary N) is 1. The standard InChI is InChI=1S/C14H39NO7P2Si4/c1-25(2,3)19-23(17,20-26(4,5)6)14(15-13-16)24(18,21-27(7,8)9)22-28(10,11)12/h13-14H,1-12H3,(H,15,16). The zero-order valence-electron chi connectivity index (χ0n) is 19.4. The highest BCUT2D eigenvalue weighted by atomic mass is 31.2. The first kappa shape index (κ1) is 28.6. The van der Waals surface area contributed by atoms with Gasteiger partial charge in [0, 0.05) is 0 Å². The van der Waals surface area contributed by atoms with Gasteiger partial charge in [0.1, 0.15) is 0 Å². The van der Waals surface area contributed by atoms with Crippen molar-refractivity contribution in [3.05, 3.63) is 0 Å². The molecule has 8 nitrogen and oxygen atoms in total. The molecule has 0 aromatic carbocycles. The van der Waals surface area contributed by atoms with Gasteiger partial charge in [-0.1, -0.05) is 0 Å². The van der Waals surface area contributed by atoms with E-state index < -0.39 is 54.0 Å². The van der Waals surface area contributed by atoms with Crippen LogP contribution in [-0.4, -0.2) is 45.2 Å². The molecule has 0 heterocycles. The van der Waals surface area contributed by atoms with Gasteiger partial charge in [-0.25, -0.2) is 0 Å². The summed E-state index contributed by atoms with van der Waals surface area (Å²) in [6.45, 7) is 22.3. The Balaban J connectivity index is 6.64. The van der Waals surface area contributed by atoms with Crippen LogP contribution in [0.4, 0.5) is 0 Å². The SMILES string of the molecule is C[Si](C)(C)OP(=O)(O[Si](C)(C)C)C(NC=O)P(=O)(O[Si](C)(C)C)O[Si](C)(C)C. The fourth-order valence-electron chi connectivity index (χ4n) is 2.18. The minimum Gasteiger partial charge on any atom is -0.350 e. The highest BCUT2D eigenvalue weighted by Crippen LogP contribution is 2.72. The molecular formula is C14H39NO7P2Si4. The minimum absolute atomic E-state index is 0.353. The van der Waals surface area contributed by atoms with E-state index in [0.717, 1.165) is 0 Å². The zero-order chi connectivity index (χ0) is 22.8. The second kappa shape index (κ2) is 9.42. The van der Waals surface area contributed by atoms with Crippen LogP contribution in [0.5, 0.6) is 0 Å². The molecule has 0 radical (unpaired) electrons. The van der Waals surface area contributed by atoms with Crippen molar-refractivity contribution in [2.24, 2.45) is 0 Å². The molecule has 0 saturated carbocycles. The van der Waals surface area contributed by atoms with Gasteiger partial charge in [-0.2, -0.15) is 0 Å². The van der Waals surface area contributed by atoms with Crippen molar-refractivity contribution in [3.8, 4) is 0 Å². The summed E-state index contributed by atoms with van der Waals surface area (Å²) in [5.41, 5.74) is -1.51. The molecule has 0 aliphatic carbocycles. The topological polar surface area (TPSA) is 100 Å². The maximum Gasteiger partial charge on any atom is 0.346 e. The number of amides is 1. The summed E-state index contributed by atoms with van der Waals surface area (Å²) in [5, 5.41) is 2.44. The molecule has 0 unspecified atom stereocenters. The Labute approximate surface area is 175 Å². The number of carbonyl (C=O) groups is 1. The normalized spacial score (nSPS) is 15.0. The molecule has 0 atom stereocenters. The van der Waals surface area contributed by atoms with E-state index in [9.17, 15) is 13.9 Å². The minimum atomic E-state index is -4.07. The predicted octanol–water partition coefficient (Wildman–Crippen LogP) is 5.81. The largest absolute Gasteiger partial charge is 0.350 e. The average molecular weight is 508 g/mol.